The Labute approximate surface area is 141 Å². The van der Waals surface area contributed by atoms with Crippen LogP contribution in [-0.4, -0.2) is 83.5 Å². The third-order valence-electron chi connectivity index (χ3n) is 2.20. The summed E-state index contributed by atoms with van der Waals surface area (Å²) in [6.45, 7) is -0.688. The van der Waals surface area contributed by atoms with E-state index in [0.29, 0.717) is 0 Å². The molecule has 0 aliphatic heterocycles. The molecular formula is C10H20N5O9P. The van der Waals surface area contributed by atoms with Gasteiger partial charge in [-0.15, -0.1) is 0 Å². The Morgan fingerprint density at radius 3 is 2.08 bits per heavy atom. The molecule has 0 spiro atoms. The quantitative estimate of drug-likeness (QED) is 0.127. The molecule has 3 unspecified atom stereocenters. The Morgan fingerprint density at radius 2 is 1.84 bits per heavy atom. The van der Waals surface area contributed by atoms with Gasteiger partial charge in [-0.1, -0.05) is 0 Å². The lowest BCUT2D eigenvalue weighted by molar-refractivity contribution is -0.127. The molecule has 0 saturated heterocycles. The lowest BCUT2D eigenvalue weighted by atomic mass is 10.1. The van der Waals surface area contributed by atoms with Crippen LogP contribution in [-0.2, 0) is 9.36 Å². The molecule has 0 saturated carbocycles. The number of nitrogens with one attached hydrogen (secondary N) is 2. The number of hydrogen-bond donors (Lipinski definition) is 10. The summed E-state index contributed by atoms with van der Waals surface area (Å²) >= 11 is 0. The summed E-state index contributed by atoms with van der Waals surface area (Å²) in [4.78, 5) is 40.6. The molecule has 12 N–H and O–H groups in total. The number of anilines is 1. The van der Waals surface area contributed by atoms with E-state index in [9.17, 15) is 9.59 Å². The molecule has 1 aromatic rings. The summed E-state index contributed by atoms with van der Waals surface area (Å²) in [5.41, 5.74) is 10.4. The number of aromatic amines is 1. The van der Waals surface area contributed by atoms with Gasteiger partial charge in [-0.3, -0.25) is 9.36 Å². The number of rotatable bonds is 6. The predicted octanol–water partition coefficient (Wildman–Crippen LogP) is -4.29. The highest BCUT2D eigenvalue weighted by atomic mass is 31.1. The van der Waals surface area contributed by atoms with E-state index in [2.05, 4.69) is 9.97 Å². The lowest BCUT2D eigenvalue weighted by Crippen LogP contribution is -2.40. The molecule has 15 heteroatoms. The number of aldehydes is 1. The highest BCUT2D eigenvalue weighted by Gasteiger charge is 2.22. The van der Waals surface area contributed by atoms with Crippen LogP contribution in [0, 0.1) is 5.41 Å². The number of nitrogen functional groups attached to an aromatic ring is 1. The van der Waals surface area contributed by atoms with Crippen LogP contribution < -0.4 is 11.5 Å². The minimum atomic E-state index is -3.13. The van der Waals surface area contributed by atoms with Gasteiger partial charge in [-0.25, -0.2) is 4.98 Å². The van der Waals surface area contributed by atoms with Crippen LogP contribution in [0.5, 0.6) is 0 Å². The van der Waals surface area contributed by atoms with E-state index in [-0.39, 0.29) is 23.6 Å². The molecule has 1 heterocycles. The lowest BCUT2D eigenvalue weighted by Gasteiger charge is -2.16. The van der Waals surface area contributed by atoms with E-state index in [4.69, 9.17) is 51.7 Å². The number of nitrogens with two attached hydrogens (primary N) is 2. The second-order valence-corrected chi connectivity index (χ2v) is 4.61. The van der Waals surface area contributed by atoms with Crippen molar-refractivity contribution in [3.63, 3.8) is 0 Å². The first kappa shape index (κ1) is 25.1. The van der Waals surface area contributed by atoms with Crippen LogP contribution in [0.15, 0.2) is 0 Å². The van der Waals surface area contributed by atoms with Crippen molar-refractivity contribution >= 4 is 32.5 Å². The molecule has 1 amide bonds. The number of H-pyrrole nitrogens is 1. The van der Waals surface area contributed by atoms with Gasteiger partial charge in [-0.2, -0.15) is 0 Å². The number of aromatic nitrogens is 2. The van der Waals surface area contributed by atoms with Crippen LogP contribution in [0.3, 0.4) is 0 Å². The first-order chi connectivity index (χ1) is 11.5. The smallest absolute Gasteiger partial charge is 0.314 e. The van der Waals surface area contributed by atoms with Crippen molar-refractivity contribution in [3.05, 3.63) is 11.5 Å². The largest absolute Gasteiger partial charge is 0.394 e. The molecule has 0 aliphatic rings. The van der Waals surface area contributed by atoms with E-state index in [1.807, 2.05) is 0 Å². The molecule has 0 aliphatic carbocycles. The van der Waals surface area contributed by atoms with Crippen molar-refractivity contribution in [1.29, 1.82) is 5.41 Å². The van der Waals surface area contributed by atoms with Crippen LogP contribution in [0.4, 0.5) is 5.82 Å². The Hall–Kier alpha value is -2.19. The molecule has 1 rings (SSSR count). The van der Waals surface area contributed by atoms with E-state index >= 15 is 0 Å². The van der Waals surface area contributed by atoms with Gasteiger partial charge in [0.05, 0.1) is 6.61 Å². The number of aliphatic hydroxyl groups is 4. The molecule has 0 radical (unpaired) electrons. The van der Waals surface area contributed by atoms with Crippen LogP contribution >= 0.6 is 8.25 Å². The number of aliphatic hydroxyl groups excluding tert-OH is 4. The number of carbonyl (C=O) groups is 2. The second kappa shape index (κ2) is 13.1. The molecule has 3 atom stereocenters. The Kier molecular flexibility index (Phi) is 13.2. The first-order valence-corrected chi connectivity index (χ1v) is 7.49. The van der Waals surface area contributed by atoms with Crippen LogP contribution in [0.2, 0.25) is 0 Å². The summed E-state index contributed by atoms with van der Waals surface area (Å²) < 4.78 is 8.74. The fourth-order valence-electron chi connectivity index (χ4n) is 1.04. The zero-order valence-electron chi connectivity index (χ0n) is 12.6. The van der Waals surface area contributed by atoms with Gasteiger partial charge in [0.25, 0.3) is 5.91 Å². The average molecular weight is 385 g/mol. The SMILES string of the molecule is N=Cc1nc(C(N)=O)[nH]c1N.O=CC(O)C(O)C(O)CO.O=[PH](O)O. The Morgan fingerprint density at radius 1 is 1.36 bits per heavy atom. The van der Waals surface area contributed by atoms with Crippen molar-refractivity contribution in [3.8, 4) is 0 Å². The minimum Gasteiger partial charge on any atom is -0.394 e. The van der Waals surface area contributed by atoms with E-state index < -0.39 is 39.1 Å². The summed E-state index contributed by atoms with van der Waals surface area (Å²) in [6.07, 6.45) is -3.69. The number of hydrogen-bond acceptors (Lipinski definition) is 10. The van der Waals surface area contributed by atoms with Crippen molar-refractivity contribution in [2.45, 2.75) is 18.3 Å². The maximum Gasteiger partial charge on any atom is 0.314 e. The monoisotopic (exact) mass is 385 g/mol. The molecule has 0 aromatic carbocycles. The van der Waals surface area contributed by atoms with Crippen LogP contribution in [0.25, 0.3) is 0 Å². The molecule has 0 fully saturated rings. The van der Waals surface area contributed by atoms with Gasteiger partial charge in [0.2, 0.25) is 0 Å². The maximum atomic E-state index is 10.5. The first-order valence-electron chi connectivity index (χ1n) is 6.19. The second-order valence-electron chi connectivity index (χ2n) is 4.04. The highest BCUT2D eigenvalue weighted by Crippen LogP contribution is 2.03. The molecule has 144 valence electrons. The number of amides is 1. The zero-order valence-corrected chi connectivity index (χ0v) is 13.6. The van der Waals surface area contributed by atoms with Crippen molar-refractivity contribution in [2.75, 3.05) is 12.3 Å². The Balaban J connectivity index is 0. The number of primary amides is 1. The molecule has 14 nitrogen and oxygen atoms in total. The standard InChI is InChI=1S/C5H7N5O.C5H10O5.H3O3P/c6-1-2-3(7)10-5(9-2)4(8)11;6-1-3(8)5(10)4(9)2-7;1-4(2)3/h1,6H,7H2,(H2,8,11)(H,9,10);1,3-5,7-10H,2H2;4H,(H2,1,2,3). The third-order valence-corrected chi connectivity index (χ3v) is 2.20. The fourth-order valence-corrected chi connectivity index (χ4v) is 1.04. The Bertz CT molecular complexity index is 577. The van der Waals surface area contributed by atoms with E-state index in [1.165, 1.54) is 0 Å². The maximum absolute atomic E-state index is 10.5. The summed E-state index contributed by atoms with van der Waals surface area (Å²) in [6, 6.07) is 0. The van der Waals surface area contributed by atoms with E-state index in [1.54, 1.807) is 0 Å². The van der Waals surface area contributed by atoms with Gasteiger partial charge >= 0.3 is 8.25 Å². The number of carbonyl (C=O) groups excluding carboxylic acids is 2. The summed E-state index contributed by atoms with van der Waals surface area (Å²) in [7, 11) is -3.13. The number of nitrogens with zero attached hydrogens (tertiary/aromatic N) is 1. The minimum absolute atomic E-state index is 0.0269. The van der Waals surface area contributed by atoms with Crippen molar-refractivity contribution < 1.29 is 44.4 Å². The summed E-state index contributed by atoms with van der Waals surface area (Å²) in [5.74, 6) is -0.542. The van der Waals surface area contributed by atoms with E-state index in [0.717, 1.165) is 6.21 Å². The van der Waals surface area contributed by atoms with Gasteiger partial charge in [-0.05, 0) is 0 Å². The molecule has 25 heavy (non-hydrogen) atoms. The van der Waals surface area contributed by atoms with Gasteiger partial charge in [0, 0.05) is 6.21 Å². The molecular weight excluding hydrogens is 365 g/mol. The van der Waals surface area contributed by atoms with Crippen LogP contribution in [0.1, 0.15) is 16.3 Å². The van der Waals surface area contributed by atoms with Gasteiger partial charge in [0.15, 0.2) is 12.1 Å². The fraction of sp³-hybridized carbons (Fsp3) is 0.400. The topological polar surface area (TPSA) is 277 Å². The van der Waals surface area contributed by atoms with Crippen molar-refractivity contribution in [1.82, 2.24) is 9.97 Å². The average Bonchev–Trinajstić information content (AvgIpc) is 2.94. The zero-order chi connectivity index (χ0) is 20.2. The summed E-state index contributed by atoms with van der Waals surface area (Å²) in [5, 5.41) is 40.9. The third kappa shape index (κ3) is 11.1. The normalized spacial score (nSPS) is 13.4. The highest BCUT2D eigenvalue weighted by molar-refractivity contribution is 7.30. The molecule has 1 aromatic heterocycles. The van der Waals surface area contributed by atoms with Crippen molar-refractivity contribution in [2.24, 2.45) is 5.73 Å². The number of imidazole rings is 1. The molecule has 0 bridgehead atoms. The van der Waals surface area contributed by atoms with Gasteiger partial charge in [0.1, 0.15) is 29.8 Å². The van der Waals surface area contributed by atoms with Gasteiger partial charge < -0.3 is 56.9 Å². The predicted molar refractivity (Wildman–Crippen MR) is 84.0 cm³/mol.